The van der Waals surface area contributed by atoms with Crippen LogP contribution >= 0.6 is 0 Å². The summed E-state index contributed by atoms with van der Waals surface area (Å²) in [6, 6.07) is 12.6. The van der Waals surface area contributed by atoms with Crippen molar-refractivity contribution in [3.05, 3.63) is 59.2 Å². The molecule has 0 amide bonds. The largest absolute Gasteiger partial charge is 0.416 e. The van der Waals surface area contributed by atoms with E-state index in [1.54, 1.807) is 6.07 Å². The molecule has 5 heteroatoms. The topological polar surface area (TPSA) is 29.0 Å². The van der Waals surface area contributed by atoms with Crippen molar-refractivity contribution in [3.63, 3.8) is 0 Å². The second-order valence-corrected chi connectivity index (χ2v) is 8.76. The number of piperidine rings is 1. The van der Waals surface area contributed by atoms with Crippen molar-refractivity contribution in [2.24, 2.45) is 5.73 Å². The second kappa shape index (κ2) is 6.98. The third kappa shape index (κ3) is 3.39. The molecule has 1 saturated heterocycles. The molecule has 0 aromatic heterocycles. The molecule has 0 radical (unpaired) electrons. The van der Waals surface area contributed by atoms with Crippen LogP contribution in [-0.2, 0) is 6.18 Å². The van der Waals surface area contributed by atoms with Gasteiger partial charge in [-0.2, -0.15) is 13.2 Å². The SMILES string of the molecule is NC1CCC(=[N+]2CCC3C[C@H]2c2cc(-c4cccc(C(F)(F)F)c4)ccc23)CC1. The van der Waals surface area contributed by atoms with Crippen LogP contribution in [0.3, 0.4) is 0 Å². The molecule has 2 nitrogen and oxygen atoms in total. The number of hydrogen-bond donors (Lipinski definition) is 1. The summed E-state index contributed by atoms with van der Waals surface area (Å²) in [6.07, 6.45) is 2.21. The molecule has 5 rings (SSSR count). The smallest absolute Gasteiger partial charge is 0.328 e. The highest BCUT2D eigenvalue weighted by Gasteiger charge is 2.43. The minimum absolute atomic E-state index is 0.319. The van der Waals surface area contributed by atoms with Crippen LogP contribution in [0.4, 0.5) is 13.2 Å². The molecule has 1 unspecified atom stereocenters. The van der Waals surface area contributed by atoms with Gasteiger partial charge >= 0.3 is 6.18 Å². The summed E-state index contributed by atoms with van der Waals surface area (Å²) < 4.78 is 42.0. The Morgan fingerprint density at radius 2 is 1.66 bits per heavy atom. The monoisotopic (exact) mass is 399 g/mol. The molecule has 1 aliphatic heterocycles. The first-order valence-electron chi connectivity index (χ1n) is 10.6. The van der Waals surface area contributed by atoms with E-state index in [0.29, 0.717) is 23.6 Å². The predicted octanol–water partition coefficient (Wildman–Crippen LogP) is 5.66. The molecule has 152 valence electrons. The van der Waals surface area contributed by atoms with Gasteiger partial charge in [0.25, 0.3) is 0 Å². The summed E-state index contributed by atoms with van der Waals surface area (Å²) in [5, 5.41) is 0. The summed E-state index contributed by atoms with van der Waals surface area (Å²) in [5.41, 5.74) is 11.2. The highest BCUT2D eigenvalue weighted by atomic mass is 19.4. The highest BCUT2D eigenvalue weighted by Crippen LogP contribution is 2.49. The van der Waals surface area contributed by atoms with Crippen molar-refractivity contribution >= 4 is 5.71 Å². The molecule has 2 bridgehead atoms. The third-order valence-electron chi connectivity index (χ3n) is 7.02. The number of rotatable bonds is 1. The van der Waals surface area contributed by atoms with E-state index in [4.69, 9.17) is 5.73 Å². The molecule has 0 spiro atoms. The lowest BCUT2D eigenvalue weighted by atomic mass is 9.91. The summed E-state index contributed by atoms with van der Waals surface area (Å²) in [7, 11) is 0. The van der Waals surface area contributed by atoms with E-state index in [-0.39, 0.29) is 0 Å². The Kier molecular flexibility index (Phi) is 4.54. The summed E-state index contributed by atoms with van der Waals surface area (Å²) >= 11 is 0. The van der Waals surface area contributed by atoms with Gasteiger partial charge < -0.3 is 5.73 Å². The van der Waals surface area contributed by atoms with Crippen molar-refractivity contribution in [3.8, 4) is 11.1 Å². The Balaban J connectivity index is 1.53. The van der Waals surface area contributed by atoms with Gasteiger partial charge in [0.2, 0.25) is 0 Å². The molecule has 1 heterocycles. The predicted molar refractivity (Wildman–Crippen MR) is 108 cm³/mol. The van der Waals surface area contributed by atoms with E-state index in [1.165, 1.54) is 29.0 Å². The Morgan fingerprint density at radius 1 is 0.897 bits per heavy atom. The number of alkyl halides is 3. The first kappa shape index (κ1) is 18.9. The van der Waals surface area contributed by atoms with Crippen molar-refractivity contribution in [1.82, 2.24) is 0 Å². The van der Waals surface area contributed by atoms with E-state index in [2.05, 4.69) is 16.7 Å². The van der Waals surface area contributed by atoms with Crippen molar-refractivity contribution in [2.75, 3.05) is 6.54 Å². The van der Waals surface area contributed by atoms with Crippen LogP contribution in [0.5, 0.6) is 0 Å². The van der Waals surface area contributed by atoms with Gasteiger partial charge in [0.05, 0.1) is 5.56 Å². The fourth-order valence-corrected chi connectivity index (χ4v) is 5.47. The van der Waals surface area contributed by atoms with E-state index >= 15 is 0 Å². The molecule has 1 saturated carbocycles. The van der Waals surface area contributed by atoms with Gasteiger partial charge in [-0.25, -0.2) is 4.58 Å². The van der Waals surface area contributed by atoms with E-state index < -0.39 is 11.7 Å². The molecular weight excluding hydrogens is 373 g/mol. The van der Waals surface area contributed by atoms with E-state index in [0.717, 1.165) is 56.7 Å². The highest BCUT2D eigenvalue weighted by molar-refractivity contribution is 5.81. The van der Waals surface area contributed by atoms with Gasteiger partial charge in [0.15, 0.2) is 11.8 Å². The van der Waals surface area contributed by atoms with Crippen LogP contribution in [0.25, 0.3) is 11.1 Å². The van der Waals surface area contributed by atoms with Crippen molar-refractivity contribution < 1.29 is 17.7 Å². The molecule has 2 N–H and O–H groups in total. The van der Waals surface area contributed by atoms with Crippen molar-refractivity contribution in [1.29, 1.82) is 0 Å². The quantitative estimate of drug-likeness (QED) is 0.616. The maximum atomic E-state index is 13.1. The first-order valence-corrected chi connectivity index (χ1v) is 10.6. The number of nitrogens with two attached hydrogens (primary N) is 1. The normalized spacial score (nSPS) is 26.6. The second-order valence-electron chi connectivity index (χ2n) is 8.76. The van der Waals surface area contributed by atoms with Crippen LogP contribution in [0.1, 0.15) is 67.2 Å². The Morgan fingerprint density at radius 3 is 2.41 bits per heavy atom. The Hall–Kier alpha value is -2.14. The number of benzene rings is 2. The number of hydrogen-bond acceptors (Lipinski definition) is 1. The van der Waals surface area contributed by atoms with Gasteiger partial charge in [-0.15, -0.1) is 0 Å². The molecule has 2 aromatic rings. The van der Waals surface area contributed by atoms with Gasteiger partial charge in [-0.1, -0.05) is 24.3 Å². The molecule has 3 aliphatic rings. The zero-order chi connectivity index (χ0) is 20.2. The zero-order valence-electron chi connectivity index (χ0n) is 16.4. The lowest BCUT2D eigenvalue weighted by Gasteiger charge is -2.25. The molecule has 29 heavy (non-hydrogen) atoms. The standard InChI is InChI=1S/C24H26F3N2/c25-24(26,27)18-3-1-2-15(12-18)16-4-9-21-17-10-11-29(23(14-17)22(21)13-16)20-7-5-19(28)6-8-20/h1-4,9,12-13,17,19,23H,5-8,10-11,14,28H2/q+1/t17?,19?,23-/m0/s1. The summed E-state index contributed by atoms with van der Waals surface area (Å²) in [5.74, 6) is 0.577. The van der Waals surface area contributed by atoms with Crippen LogP contribution in [-0.4, -0.2) is 22.9 Å². The number of nitrogens with zero attached hydrogens (tertiary/aromatic N) is 1. The van der Waals surface area contributed by atoms with E-state index in [9.17, 15) is 13.2 Å². The van der Waals surface area contributed by atoms with Gasteiger partial charge in [-0.3, -0.25) is 0 Å². The number of halogens is 3. The van der Waals surface area contributed by atoms with Gasteiger partial charge in [-0.05, 0) is 53.6 Å². The van der Waals surface area contributed by atoms with Gasteiger partial charge in [0, 0.05) is 37.3 Å². The molecule has 2 atom stereocenters. The zero-order valence-corrected chi connectivity index (χ0v) is 16.4. The minimum atomic E-state index is -4.32. The van der Waals surface area contributed by atoms with Crippen LogP contribution < -0.4 is 5.73 Å². The maximum Gasteiger partial charge on any atom is 0.416 e. The molecular formula is C24H26F3N2+. The summed E-state index contributed by atoms with van der Waals surface area (Å²) in [6.45, 7) is 1.08. The van der Waals surface area contributed by atoms with Crippen LogP contribution in [0, 0.1) is 0 Å². The number of fused-ring (bicyclic) bond motifs is 5. The lowest BCUT2D eigenvalue weighted by Crippen LogP contribution is -2.35. The molecule has 2 aromatic carbocycles. The lowest BCUT2D eigenvalue weighted by molar-refractivity contribution is -0.583. The Bertz CT molecular complexity index is 966. The molecule has 2 aliphatic carbocycles. The van der Waals surface area contributed by atoms with Crippen LogP contribution in [0.15, 0.2) is 42.5 Å². The maximum absolute atomic E-state index is 13.1. The van der Waals surface area contributed by atoms with Crippen molar-refractivity contribution in [2.45, 2.75) is 62.7 Å². The Labute approximate surface area is 169 Å². The molecule has 2 fully saturated rings. The van der Waals surface area contributed by atoms with Gasteiger partial charge in [0.1, 0.15) is 6.54 Å². The fraction of sp³-hybridized carbons (Fsp3) is 0.458. The fourth-order valence-electron chi connectivity index (χ4n) is 5.47. The third-order valence-corrected chi connectivity index (χ3v) is 7.02. The van der Waals surface area contributed by atoms with E-state index in [1.807, 2.05) is 6.07 Å². The van der Waals surface area contributed by atoms with Crippen LogP contribution in [0.2, 0.25) is 0 Å². The average Bonchev–Trinajstić information content (AvgIpc) is 3.00. The average molecular weight is 399 g/mol. The minimum Gasteiger partial charge on any atom is -0.328 e. The summed E-state index contributed by atoms with van der Waals surface area (Å²) in [4.78, 5) is 0. The first-order chi connectivity index (χ1) is 13.9.